The first-order valence-corrected chi connectivity index (χ1v) is 19.1. The molecular weight excluding hydrogens is 760 g/mol. The number of likely N-dealkylation sites (tertiary alicyclic amines) is 1. The average molecular weight is 804 g/mol. The minimum Gasteiger partial charge on any atom is -0.493 e. The van der Waals surface area contributed by atoms with E-state index in [-0.39, 0.29) is 17.7 Å². The molecule has 4 aromatic rings. The van der Waals surface area contributed by atoms with Crippen LogP contribution in [0.15, 0.2) is 90.0 Å². The first-order chi connectivity index (χ1) is 24.8. The number of allylic oxidation sites excluding steroid dienone is 6. The SMILES string of the molecule is C/C=C/C=C(\C=C/CI)n1cc2c(c(C(=O)Cc3ccc(Oc4ccnc5cc(OCCCN6CCC(C)CC6)ccc45)c(F)c3)c1=O)OCC2. The molecule has 0 aliphatic carbocycles. The highest BCUT2D eigenvalue weighted by molar-refractivity contribution is 14.1. The Kier molecular flexibility index (Phi) is 12.4. The van der Waals surface area contributed by atoms with Gasteiger partial charge in [0.05, 0.1) is 18.7 Å². The second kappa shape index (κ2) is 17.3. The molecule has 2 aromatic carbocycles. The number of aromatic nitrogens is 2. The normalized spacial score (nSPS) is 15.5. The first kappa shape index (κ1) is 36.5. The van der Waals surface area contributed by atoms with Crippen molar-refractivity contribution in [2.75, 3.05) is 37.3 Å². The molecule has 2 aromatic heterocycles. The van der Waals surface area contributed by atoms with Crippen LogP contribution in [0.1, 0.15) is 54.6 Å². The number of fused-ring (bicyclic) bond motifs is 2. The van der Waals surface area contributed by atoms with Gasteiger partial charge >= 0.3 is 0 Å². The topological polar surface area (TPSA) is 82.9 Å². The van der Waals surface area contributed by atoms with Crippen LogP contribution in [-0.4, -0.2) is 57.5 Å². The summed E-state index contributed by atoms with van der Waals surface area (Å²) < 4.78 is 35.6. The van der Waals surface area contributed by atoms with Crippen molar-refractivity contribution in [3.05, 3.63) is 118 Å². The maximum Gasteiger partial charge on any atom is 0.269 e. The predicted octanol–water partition coefficient (Wildman–Crippen LogP) is 8.60. The van der Waals surface area contributed by atoms with Crippen LogP contribution < -0.4 is 19.8 Å². The number of rotatable bonds is 14. The molecule has 6 rings (SSSR count). The largest absolute Gasteiger partial charge is 0.493 e. The van der Waals surface area contributed by atoms with Crippen LogP contribution in [0.5, 0.6) is 23.0 Å². The second-order valence-electron chi connectivity index (χ2n) is 13.0. The number of hydrogen-bond acceptors (Lipinski definition) is 7. The number of nitrogens with zero attached hydrogens (tertiary/aromatic N) is 3. The Hall–Kier alpha value is -4.29. The lowest BCUT2D eigenvalue weighted by atomic mass is 9.99. The van der Waals surface area contributed by atoms with Crippen LogP contribution in [-0.2, 0) is 12.8 Å². The van der Waals surface area contributed by atoms with Gasteiger partial charge in [-0.05, 0) is 93.2 Å². The quantitative estimate of drug-likeness (QED) is 0.0416. The lowest BCUT2D eigenvalue weighted by molar-refractivity contribution is 0.0988. The number of benzene rings is 2. The smallest absolute Gasteiger partial charge is 0.269 e. The van der Waals surface area contributed by atoms with Crippen LogP contribution in [0.25, 0.3) is 16.6 Å². The van der Waals surface area contributed by atoms with Gasteiger partial charge in [-0.15, -0.1) is 0 Å². The predicted molar refractivity (Wildman–Crippen MR) is 208 cm³/mol. The number of alkyl halides is 1. The summed E-state index contributed by atoms with van der Waals surface area (Å²) in [6.45, 7) is 8.56. The molecule has 0 radical (unpaired) electrons. The van der Waals surface area contributed by atoms with Crippen molar-refractivity contribution < 1.29 is 23.4 Å². The van der Waals surface area contributed by atoms with Gasteiger partial charge < -0.3 is 19.1 Å². The van der Waals surface area contributed by atoms with Crippen LogP contribution >= 0.6 is 22.6 Å². The van der Waals surface area contributed by atoms with E-state index in [1.54, 1.807) is 24.5 Å². The average Bonchev–Trinajstić information content (AvgIpc) is 3.60. The fourth-order valence-corrected chi connectivity index (χ4v) is 6.70. The summed E-state index contributed by atoms with van der Waals surface area (Å²) in [5.41, 5.74) is 2.01. The zero-order chi connectivity index (χ0) is 35.7. The minimum absolute atomic E-state index is 0.0123. The number of ether oxygens (including phenoxy) is 3. The molecule has 0 unspecified atom stereocenters. The van der Waals surface area contributed by atoms with E-state index in [1.165, 1.54) is 29.5 Å². The molecule has 0 spiro atoms. The van der Waals surface area contributed by atoms with E-state index in [1.807, 2.05) is 55.5 Å². The third-order valence-corrected chi connectivity index (χ3v) is 9.78. The third-order valence-electron chi connectivity index (χ3n) is 9.27. The molecule has 0 saturated carbocycles. The molecule has 0 amide bonds. The Morgan fingerprint density at radius 2 is 1.98 bits per heavy atom. The number of carbonyl (C=O) groups is 1. The molecule has 4 heterocycles. The van der Waals surface area contributed by atoms with E-state index >= 15 is 4.39 Å². The molecule has 266 valence electrons. The Bertz CT molecular complexity index is 2030. The summed E-state index contributed by atoms with van der Waals surface area (Å²) in [7, 11) is 0. The van der Waals surface area contributed by atoms with Crippen LogP contribution in [0.2, 0.25) is 0 Å². The van der Waals surface area contributed by atoms with Crippen molar-refractivity contribution in [3.8, 4) is 23.0 Å². The molecule has 0 atom stereocenters. The number of hydrogen-bond donors (Lipinski definition) is 0. The fourth-order valence-electron chi connectivity index (χ4n) is 6.44. The van der Waals surface area contributed by atoms with E-state index in [4.69, 9.17) is 14.2 Å². The highest BCUT2D eigenvalue weighted by Crippen LogP contribution is 2.33. The maximum atomic E-state index is 15.5. The van der Waals surface area contributed by atoms with Gasteiger partial charge in [0.1, 0.15) is 22.8 Å². The van der Waals surface area contributed by atoms with Crippen molar-refractivity contribution in [2.45, 2.75) is 46.0 Å². The number of pyridine rings is 2. The van der Waals surface area contributed by atoms with Crippen molar-refractivity contribution in [2.24, 2.45) is 5.92 Å². The highest BCUT2D eigenvalue weighted by Gasteiger charge is 2.27. The summed E-state index contributed by atoms with van der Waals surface area (Å²) >= 11 is 2.23. The monoisotopic (exact) mass is 803 g/mol. The highest BCUT2D eigenvalue weighted by atomic mass is 127. The summed E-state index contributed by atoms with van der Waals surface area (Å²) in [5, 5.41) is 0.719. The number of carbonyl (C=O) groups excluding carboxylic acids is 1. The summed E-state index contributed by atoms with van der Waals surface area (Å²) in [6.07, 6.45) is 16.6. The van der Waals surface area contributed by atoms with E-state index in [0.29, 0.717) is 47.9 Å². The molecule has 10 heteroatoms. The van der Waals surface area contributed by atoms with E-state index in [9.17, 15) is 9.59 Å². The van der Waals surface area contributed by atoms with Crippen LogP contribution in [0.3, 0.4) is 0 Å². The van der Waals surface area contributed by atoms with Gasteiger partial charge in [0.25, 0.3) is 5.56 Å². The van der Waals surface area contributed by atoms with E-state index < -0.39 is 17.2 Å². The molecule has 8 nitrogen and oxygen atoms in total. The Balaban J connectivity index is 1.14. The molecule has 1 fully saturated rings. The Morgan fingerprint density at radius 1 is 1.14 bits per heavy atom. The number of ketones is 1. The maximum absolute atomic E-state index is 15.5. The van der Waals surface area contributed by atoms with Crippen molar-refractivity contribution in [1.82, 2.24) is 14.5 Å². The number of Topliss-reactive ketones (excluding diaryl/α,β-unsaturated/α-hetero) is 1. The van der Waals surface area contributed by atoms with Gasteiger partial charge in [0.2, 0.25) is 0 Å². The molecule has 0 bridgehead atoms. The van der Waals surface area contributed by atoms with Gasteiger partial charge in [-0.1, -0.05) is 53.8 Å². The number of piperidine rings is 1. The Labute approximate surface area is 311 Å². The molecule has 2 aliphatic heterocycles. The molecule has 0 N–H and O–H groups in total. The lowest BCUT2D eigenvalue weighted by Crippen LogP contribution is -2.34. The van der Waals surface area contributed by atoms with Gasteiger partial charge in [-0.25, -0.2) is 4.39 Å². The molecule has 51 heavy (non-hydrogen) atoms. The summed E-state index contributed by atoms with van der Waals surface area (Å²) in [5.74, 6) is 1.25. The van der Waals surface area contributed by atoms with Crippen molar-refractivity contribution in [1.29, 1.82) is 0 Å². The van der Waals surface area contributed by atoms with Crippen LogP contribution in [0.4, 0.5) is 4.39 Å². The molecular formula is C41H43FIN3O5. The zero-order valence-electron chi connectivity index (χ0n) is 29.1. The first-order valence-electron chi connectivity index (χ1n) is 17.5. The standard InChI is InChI=1S/C41H43FIN3O5/c1-3-4-7-31(8-5-17-43)46-27-30-16-23-50-40(30)39(41(46)48)36(47)25-29-9-12-38(34(42)24-29)51-37-13-18-44-35-26-32(10-11-33(35)37)49-22-6-19-45-20-14-28(2)15-21-45/h3-5,7-13,18,24,26-28H,6,14-17,19-23,25H2,1-2H3/b4-3+,8-5-,31-7+. The summed E-state index contributed by atoms with van der Waals surface area (Å²) in [4.78, 5) is 34.5. The van der Waals surface area contributed by atoms with Crippen molar-refractivity contribution >= 4 is 45.0 Å². The zero-order valence-corrected chi connectivity index (χ0v) is 31.2. The minimum atomic E-state index is -0.624. The van der Waals surface area contributed by atoms with Gasteiger partial charge in [0, 0.05) is 58.9 Å². The number of halogens is 2. The van der Waals surface area contributed by atoms with Crippen LogP contribution in [0, 0.1) is 11.7 Å². The third kappa shape index (κ3) is 8.96. The van der Waals surface area contributed by atoms with Gasteiger partial charge in [0.15, 0.2) is 17.3 Å². The molecule has 2 aliphatic rings. The molecule has 1 saturated heterocycles. The van der Waals surface area contributed by atoms with E-state index in [0.717, 1.165) is 53.1 Å². The fraction of sp³-hybridized carbons (Fsp3) is 0.341. The second-order valence-corrected chi connectivity index (χ2v) is 13.9. The Morgan fingerprint density at radius 3 is 2.76 bits per heavy atom. The van der Waals surface area contributed by atoms with Crippen molar-refractivity contribution in [3.63, 3.8) is 0 Å². The summed E-state index contributed by atoms with van der Waals surface area (Å²) in [6, 6.07) is 11.7. The van der Waals surface area contributed by atoms with E-state index in [2.05, 4.69) is 39.4 Å². The van der Waals surface area contributed by atoms with Gasteiger partial charge in [-0.2, -0.15) is 0 Å². The lowest BCUT2D eigenvalue weighted by Gasteiger charge is -2.30. The van der Waals surface area contributed by atoms with Gasteiger partial charge in [-0.3, -0.25) is 19.1 Å².